The number of carbonyl (C=O) groups excluding carboxylic acids is 2. The number of hydrogen-bond donors (Lipinski definition) is 2. The Morgan fingerprint density at radius 1 is 1.11 bits per heavy atom. The van der Waals surface area contributed by atoms with E-state index >= 15 is 0 Å². The minimum atomic E-state index is -2.90. The van der Waals surface area contributed by atoms with E-state index in [4.69, 9.17) is 0 Å². The molecule has 0 spiro atoms. The van der Waals surface area contributed by atoms with Crippen molar-refractivity contribution in [3.63, 3.8) is 0 Å². The fraction of sp³-hybridized carbons (Fsp3) is 0.407. The molecule has 36 heavy (non-hydrogen) atoms. The lowest BCUT2D eigenvalue weighted by Crippen LogP contribution is -2.47. The van der Waals surface area contributed by atoms with Gasteiger partial charge in [0.2, 0.25) is 11.8 Å². The van der Waals surface area contributed by atoms with Crippen molar-refractivity contribution in [1.82, 2.24) is 10.2 Å². The fourth-order valence-corrected chi connectivity index (χ4v) is 5.37. The van der Waals surface area contributed by atoms with Crippen molar-refractivity contribution < 1.29 is 22.8 Å². The highest BCUT2D eigenvalue weighted by atomic mass is 19.3. The number of carbonyl (C=O) groups is 2. The highest BCUT2D eigenvalue weighted by Gasteiger charge is 2.40. The molecule has 2 saturated heterocycles. The highest BCUT2D eigenvalue weighted by molar-refractivity contribution is 6.01. The molecule has 0 bridgehead atoms. The zero-order valence-corrected chi connectivity index (χ0v) is 20.1. The van der Waals surface area contributed by atoms with Crippen LogP contribution in [0.3, 0.4) is 0 Å². The molecule has 190 valence electrons. The summed E-state index contributed by atoms with van der Waals surface area (Å²) >= 11 is 0. The topological polar surface area (TPSA) is 64.7 Å². The number of alkyl halides is 2. The van der Waals surface area contributed by atoms with Crippen LogP contribution in [0.5, 0.6) is 0 Å². The second-order valence-electron chi connectivity index (χ2n) is 9.86. The smallest absolute Gasteiger partial charge is 0.286 e. The molecule has 0 aliphatic carbocycles. The molecule has 2 amide bonds. The van der Waals surface area contributed by atoms with E-state index in [1.807, 2.05) is 17.0 Å². The summed E-state index contributed by atoms with van der Waals surface area (Å²) in [7, 11) is 1.70. The normalized spacial score (nSPS) is 22.2. The van der Waals surface area contributed by atoms with Gasteiger partial charge in [0, 0.05) is 37.3 Å². The van der Waals surface area contributed by atoms with Crippen LogP contribution in [0.25, 0.3) is 6.08 Å². The molecule has 6 nitrogen and oxygen atoms in total. The molecule has 0 aromatic heterocycles. The number of halogens is 3. The number of likely N-dealkylation sites (N-methyl/N-ethyl adjacent to an activating group) is 1. The van der Waals surface area contributed by atoms with Gasteiger partial charge in [0.05, 0.1) is 12.2 Å². The number of amides is 2. The van der Waals surface area contributed by atoms with E-state index in [0.29, 0.717) is 61.4 Å². The Balaban J connectivity index is 1.26. The molecule has 2 fully saturated rings. The van der Waals surface area contributed by atoms with Crippen molar-refractivity contribution in [2.24, 2.45) is 0 Å². The summed E-state index contributed by atoms with van der Waals surface area (Å²) in [6.07, 6.45) is 3.81. The predicted octanol–water partition coefficient (Wildman–Crippen LogP) is 4.26. The Bertz CT molecular complexity index is 1220. The number of rotatable bonds is 4. The number of fused-ring (bicyclic) bond motifs is 1. The summed E-state index contributed by atoms with van der Waals surface area (Å²) in [5.74, 6) is -4.01. The Hall–Kier alpha value is -3.33. The lowest BCUT2D eigenvalue weighted by molar-refractivity contribution is -0.133. The van der Waals surface area contributed by atoms with E-state index in [0.717, 1.165) is 5.57 Å². The third-order valence-corrected chi connectivity index (χ3v) is 7.09. The van der Waals surface area contributed by atoms with Crippen LogP contribution in [-0.4, -0.2) is 49.4 Å². The lowest BCUT2D eigenvalue weighted by atomic mass is 9.89. The molecule has 0 radical (unpaired) electrons. The van der Waals surface area contributed by atoms with E-state index in [9.17, 15) is 22.8 Å². The average Bonchev–Trinajstić information content (AvgIpc) is 2.81. The Morgan fingerprint density at radius 3 is 2.61 bits per heavy atom. The van der Waals surface area contributed by atoms with Crippen molar-refractivity contribution in [2.75, 3.05) is 36.9 Å². The van der Waals surface area contributed by atoms with E-state index in [-0.39, 0.29) is 24.4 Å². The number of nitrogens with zero attached hydrogens (tertiary/aromatic N) is 2. The molecule has 3 heterocycles. The van der Waals surface area contributed by atoms with Crippen LogP contribution in [0.4, 0.5) is 24.5 Å². The quantitative estimate of drug-likeness (QED) is 0.617. The molecule has 2 aromatic rings. The first-order chi connectivity index (χ1) is 17.2. The Labute approximate surface area is 208 Å². The van der Waals surface area contributed by atoms with Gasteiger partial charge >= 0.3 is 0 Å². The number of hydrogen-bond acceptors (Lipinski definition) is 5. The molecule has 2 N–H and O–H groups in total. The summed E-state index contributed by atoms with van der Waals surface area (Å²) in [5.41, 5.74) is 3.38. The van der Waals surface area contributed by atoms with Gasteiger partial charge in [0.25, 0.3) is 5.92 Å². The third-order valence-electron chi connectivity index (χ3n) is 7.09. The van der Waals surface area contributed by atoms with Crippen LogP contribution in [-0.2, 0) is 22.1 Å². The van der Waals surface area contributed by atoms with Crippen LogP contribution in [0, 0.1) is 5.82 Å². The van der Waals surface area contributed by atoms with Gasteiger partial charge in [-0.15, -0.1) is 0 Å². The molecular weight excluding hydrogens is 469 g/mol. The molecule has 5 rings (SSSR count). The highest BCUT2D eigenvalue weighted by Crippen LogP contribution is 2.39. The summed E-state index contributed by atoms with van der Waals surface area (Å²) in [5, 5.41) is 5.28. The minimum Gasteiger partial charge on any atom is -0.374 e. The van der Waals surface area contributed by atoms with E-state index in [1.165, 1.54) is 6.07 Å². The zero-order valence-electron chi connectivity index (χ0n) is 20.1. The second kappa shape index (κ2) is 9.61. The number of anilines is 2. The molecule has 3 aliphatic rings. The predicted molar refractivity (Wildman–Crippen MR) is 132 cm³/mol. The maximum atomic E-state index is 15.0. The Kier molecular flexibility index (Phi) is 6.51. The van der Waals surface area contributed by atoms with Crippen molar-refractivity contribution in [3.05, 3.63) is 64.5 Å². The van der Waals surface area contributed by atoms with Gasteiger partial charge in [-0.3, -0.25) is 19.8 Å². The van der Waals surface area contributed by atoms with Crippen molar-refractivity contribution >= 4 is 29.3 Å². The van der Waals surface area contributed by atoms with E-state index < -0.39 is 23.7 Å². The first-order valence-corrected chi connectivity index (χ1v) is 12.2. The van der Waals surface area contributed by atoms with Gasteiger partial charge < -0.3 is 10.2 Å². The van der Waals surface area contributed by atoms with Crippen LogP contribution >= 0.6 is 0 Å². The second-order valence-corrected chi connectivity index (χ2v) is 9.86. The average molecular weight is 499 g/mol. The first-order valence-electron chi connectivity index (χ1n) is 12.2. The molecule has 3 aliphatic heterocycles. The molecule has 9 heteroatoms. The summed E-state index contributed by atoms with van der Waals surface area (Å²) in [4.78, 5) is 26.9. The Morgan fingerprint density at radius 2 is 1.89 bits per heavy atom. The van der Waals surface area contributed by atoms with Crippen LogP contribution < -0.4 is 15.5 Å². The minimum absolute atomic E-state index is 0.128. The summed E-state index contributed by atoms with van der Waals surface area (Å²) < 4.78 is 44.7. The maximum Gasteiger partial charge on any atom is 0.286 e. The fourth-order valence-electron chi connectivity index (χ4n) is 5.37. The van der Waals surface area contributed by atoms with Crippen LogP contribution in [0.2, 0.25) is 0 Å². The standard InChI is InChI=1S/C27H29F3N4O2/c1-33-15-19-4-2-3-18(25(19)27(29,30)16-33)13-17-9-11-34(12-10-17)23-7-5-20(14-21(23)28)31-22-6-8-24(35)32-26(22)36/h2-5,7,13-14,22,31H,6,8-12,15-16H2,1H3,(H,32,35,36). The van der Waals surface area contributed by atoms with Gasteiger partial charge in [-0.1, -0.05) is 29.8 Å². The molecule has 1 atom stereocenters. The molecule has 1 unspecified atom stereocenters. The number of imide groups is 1. The summed E-state index contributed by atoms with van der Waals surface area (Å²) in [6.45, 7) is 1.37. The van der Waals surface area contributed by atoms with E-state index in [2.05, 4.69) is 10.6 Å². The van der Waals surface area contributed by atoms with Crippen LogP contribution in [0.1, 0.15) is 42.4 Å². The monoisotopic (exact) mass is 498 g/mol. The van der Waals surface area contributed by atoms with Crippen molar-refractivity contribution in [2.45, 2.75) is 44.2 Å². The van der Waals surface area contributed by atoms with Gasteiger partial charge in [-0.25, -0.2) is 4.39 Å². The SMILES string of the molecule is CN1Cc2cccc(C=C3CCN(c4ccc(NC5CCC(=O)NC5=O)cc4F)CC3)c2C(F)(F)C1. The van der Waals surface area contributed by atoms with Gasteiger partial charge in [0.1, 0.15) is 11.9 Å². The zero-order chi connectivity index (χ0) is 25.4. The van der Waals surface area contributed by atoms with Crippen molar-refractivity contribution in [3.8, 4) is 0 Å². The first kappa shape index (κ1) is 24.4. The number of piperidine rings is 2. The third kappa shape index (κ3) is 4.97. The number of nitrogens with one attached hydrogen (secondary N) is 2. The maximum absolute atomic E-state index is 15.0. The van der Waals surface area contributed by atoms with Crippen LogP contribution in [0.15, 0.2) is 42.0 Å². The molecule has 2 aromatic carbocycles. The van der Waals surface area contributed by atoms with Gasteiger partial charge in [-0.05, 0) is 55.6 Å². The lowest BCUT2D eigenvalue weighted by Gasteiger charge is -2.34. The molecule has 0 saturated carbocycles. The van der Waals surface area contributed by atoms with Crippen molar-refractivity contribution in [1.29, 1.82) is 0 Å². The largest absolute Gasteiger partial charge is 0.374 e. The van der Waals surface area contributed by atoms with E-state index in [1.54, 1.807) is 36.2 Å². The summed E-state index contributed by atoms with van der Waals surface area (Å²) in [6, 6.07) is 9.55. The van der Waals surface area contributed by atoms with Gasteiger partial charge in [-0.2, -0.15) is 8.78 Å². The molecular formula is C27H29F3N4O2. The number of benzene rings is 2. The van der Waals surface area contributed by atoms with Gasteiger partial charge in [0.15, 0.2) is 0 Å².